The van der Waals surface area contributed by atoms with Gasteiger partial charge in [-0.1, -0.05) is 32.4 Å². The number of hydrogen-bond donors (Lipinski definition) is 1. The highest BCUT2D eigenvalue weighted by atomic mass is 35.5. The van der Waals surface area contributed by atoms with Crippen LogP contribution in [0.1, 0.15) is 57.2 Å². The van der Waals surface area contributed by atoms with Gasteiger partial charge in [0.05, 0.1) is 11.3 Å². The molecule has 0 spiro atoms. The SMILES string of the molecule is CCN(CC)C(=O)[C@@H](NC(=O)c1nc(-c2cc(Cl)ccc2F)n2c1CN(C)CCC2)C(C)(C)C. The fraction of sp³-hybridized carbons (Fsp3) is 0.560. The van der Waals surface area contributed by atoms with Crippen molar-refractivity contribution in [2.45, 2.75) is 60.2 Å². The third kappa shape index (κ3) is 5.44. The summed E-state index contributed by atoms with van der Waals surface area (Å²) in [6.45, 7) is 12.6. The van der Waals surface area contributed by atoms with E-state index >= 15 is 0 Å². The summed E-state index contributed by atoms with van der Waals surface area (Å²) in [6, 6.07) is 3.60. The van der Waals surface area contributed by atoms with Crippen LogP contribution in [-0.4, -0.2) is 63.9 Å². The van der Waals surface area contributed by atoms with Gasteiger partial charge in [0.15, 0.2) is 5.69 Å². The number of nitrogens with zero attached hydrogens (tertiary/aromatic N) is 4. The Morgan fingerprint density at radius 2 is 1.91 bits per heavy atom. The molecule has 0 saturated carbocycles. The van der Waals surface area contributed by atoms with Crippen molar-refractivity contribution in [1.29, 1.82) is 0 Å². The first-order chi connectivity index (χ1) is 16.0. The average molecular weight is 492 g/mol. The number of benzene rings is 1. The van der Waals surface area contributed by atoms with Crippen LogP contribution in [0.2, 0.25) is 5.02 Å². The number of nitrogens with one attached hydrogen (secondary N) is 1. The zero-order chi connectivity index (χ0) is 25.2. The van der Waals surface area contributed by atoms with E-state index in [4.69, 9.17) is 11.6 Å². The second kappa shape index (κ2) is 10.4. The molecule has 2 amide bonds. The first-order valence-electron chi connectivity index (χ1n) is 11.8. The van der Waals surface area contributed by atoms with Gasteiger partial charge in [-0.25, -0.2) is 9.37 Å². The number of rotatable bonds is 6. The molecule has 0 aliphatic carbocycles. The van der Waals surface area contributed by atoms with Crippen LogP contribution < -0.4 is 5.32 Å². The van der Waals surface area contributed by atoms with Crippen molar-refractivity contribution >= 4 is 23.4 Å². The Morgan fingerprint density at radius 3 is 2.53 bits per heavy atom. The highest BCUT2D eigenvalue weighted by Crippen LogP contribution is 2.30. The van der Waals surface area contributed by atoms with Crippen molar-refractivity contribution in [2.24, 2.45) is 5.41 Å². The number of carbonyl (C=O) groups excluding carboxylic acids is 2. The van der Waals surface area contributed by atoms with Crippen LogP contribution >= 0.6 is 11.6 Å². The molecule has 2 aromatic rings. The molecule has 9 heteroatoms. The predicted octanol–water partition coefficient (Wildman–Crippen LogP) is 4.19. The molecule has 1 aromatic carbocycles. The highest BCUT2D eigenvalue weighted by molar-refractivity contribution is 6.30. The summed E-state index contributed by atoms with van der Waals surface area (Å²) in [5, 5.41) is 3.35. The first kappa shape index (κ1) is 26.2. The first-order valence-corrected chi connectivity index (χ1v) is 12.2. The summed E-state index contributed by atoms with van der Waals surface area (Å²) in [7, 11) is 1.98. The number of halogens is 2. The van der Waals surface area contributed by atoms with Gasteiger partial charge < -0.3 is 19.7 Å². The fourth-order valence-electron chi connectivity index (χ4n) is 4.34. The van der Waals surface area contributed by atoms with Crippen molar-refractivity contribution in [1.82, 2.24) is 24.7 Å². The predicted molar refractivity (Wildman–Crippen MR) is 132 cm³/mol. The molecule has 186 valence electrons. The van der Waals surface area contributed by atoms with Gasteiger partial charge in [0.25, 0.3) is 5.91 Å². The summed E-state index contributed by atoms with van der Waals surface area (Å²) in [5.41, 5.74) is 0.661. The monoisotopic (exact) mass is 491 g/mol. The van der Waals surface area contributed by atoms with Gasteiger partial charge in [-0.2, -0.15) is 0 Å². The van der Waals surface area contributed by atoms with Gasteiger partial charge in [0.1, 0.15) is 17.7 Å². The normalized spacial score (nSPS) is 15.4. The molecule has 1 aromatic heterocycles. The zero-order valence-corrected chi connectivity index (χ0v) is 21.7. The fourth-order valence-corrected chi connectivity index (χ4v) is 4.52. The maximum absolute atomic E-state index is 14.8. The van der Waals surface area contributed by atoms with E-state index in [1.54, 1.807) is 4.90 Å². The van der Waals surface area contributed by atoms with Crippen LogP contribution in [0.3, 0.4) is 0 Å². The molecule has 34 heavy (non-hydrogen) atoms. The Bertz CT molecular complexity index is 1060. The standard InChI is InChI=1S/C25H35ClFN5O2/c1-7-31(8-2)24(34)21(25(3,4)5)29-23(33)20-19-15-30(6)12-9-13-32(19)22(28-20)17-14-16(26)10-11-18(17)27/h10-11,14,21H,7-9,12-13,15H2,1-6H3,(H,29,33)/t21-/m1/s1. The molecule has 1 aliphatic heterocycles. The lowest BCUT2D eigenvalue weighted by Gasteiger charge is -2.34. The molecule has 0 radical (unpaired) electrons. The van der Waals surface area contributed by atoms with Crippen molar-refractivity contribution in [3.63, 3.8) is 0 Å². The topological polar surface area (TPSA) is 70.5 Å². The molecule has 0 unspecified atom stereocenters. The maximum Gasteiger partial charge on any atom is 0.272 e. The molecule has 1 N–H and O–H groups in total. The molecule has 1 atom stereocenters. The minimum Gasteiger partial charge on any atom is -0.341 e. The smallest absolute Gasteiger partial charge is 0.272 e. The van der Waals surface area contributed by atoms with Crippen LogP contribution in [-0.2, 0) is 17.9 Å². The Kier molecular flexibility index (Phi) is 8.03. The summed E-state index contributed by atoms with van der Waals surface area (Å²) < 4.78 is 16.7. The third-order valence-electron chi connectivity index (χ3n) is 6.26. The number of imidazole rings is 1. The van der Waals surface area contributed by atoms with Gasteiger partial charge >= 0.3 is 0 Å². The van der Waals surface area contributed by atoms with Crippen LogP contribution in [0.25, 0.3) is 11.4 Å². The largest absolute Gasteiger partial charge is 0.341 e. The second-order valence-electron chi connectivity index (χ2n) is 9.88. The number of hydrogen-bond acceptors (Lipinski definition) is 4. The molecule has 1 aliphatic rings. The van der Waals surface area contributed by atoms with Crippen LogP contribution in [0, 0.1) is 11.2 Å². The molecule has 0 saturated heterocycles. The molecular formula is C25H35ClFN5O2. The van der Waals surface area contributed by atoms with E-state index in [0.717, 1.165) is 13.0 Å². The lowest BCUT2D eigenvalue weighted by atomic mass is 9.85. The summed E-state index contributed by atoms with van der Waals surface area (Å²) in [4.78, 5) is 35.3. The van der Waals surface area contributed by atoms with E-state index in [2.05, 4.69) is 15.2 Å². The maximum atomic E-state index is 14.8. The molecule has 2 heterocycles. The van der Waals surface area contributed by atoms with Crippen LogP contribution in [0.4, 0.5) is 4.39 Å². The summed E-state index contributed by atoms with van der Waals surface area (Å²) >= 11 is 6.15. The summed E-state index contributed by atoms with van der Waals surface area (Å²) in [5.74, 6) is -0.647. The average Bonchev–Trinajstić information content (AvgIpc) is 2.99. The van der Waals surface area contributed by atoms with Gasteiger partial charge in [0, 0.05) is 31.2 Å². The van der Waals surface area contributed by atoms with Crippen molar-refractivity contribution in [3.05, 3.63) is 40.4 Å². The third-order valence-corrected chi connectivity index (χ3v) is 6.50. The van der Waals surface area contributed by atoms with E-state index in [9.17, 15) is 14.0 Å². The molecule has 7 nitrogen and oxygen atoms in total. The Labute approximate surface area is 206 Å². The van der Waals surface area contributed by atoms with Crippen LogP contribution in [0.5, 0.6) is 0 Å². The minimum absolute atomic E-state index is 0.130. The van der Waals surface area contributed by atoms with E-state index in [-0.39, 0.29) is 17.2 Å². The zero-order valence-electron chi connectivity index (χ0n) is 20.9. The number of aromatic nitrogens is 2. The Morgan fingerprint density at radius 1 is 1.24 bits per heavy atom. The molecular weight excluding hydrogens is 457 g/mol. The number of amides is 2. The number of fused-ring (bicyclic) bond motifs is 1. The Hall–Kier alpha value is -2.45. The summed E-state index contributed by atoms with van der Waals surface area (Å²) in [6.07, 6.45) is 0.834. The van der Waals surface area contributed by atoms with Crippen LogP contribution in [0.15, 0.2) is 18.2 Å². The lowest BCUT2D eigenvalue weighted by Crippen LogP contribution is -2.54. The van der Waals surface area contributed by atoms with Gasteiger partial charge in [-0.15, -0.1) is 0 Å². The molecule has 3 rings (SSSR count). The van der Waals surface area contributed by atoms with E-state index in [1.807, 2.05) is 46.2 Å². The van der Waals surface area contributed by atoms with Crippen molar-refractivity contribution in [2.75, 3.05) is 26.7 Å². The molecule has 0 fully saturated rings. The van der Waals surface area contributed by atoms with Gasteiger partial charge in [0.2, 0.25) is 5.91 Å². The van der Waals surface area contributed by atoms with E-state index in [1.165, 1.54) is 18.2 Å². The lowest BCUT2D eigenvalue weighted by molar-refractivity contribution is -0.135. The van der Waals surface area contributed by atoms with E-state index in [0.29, 0.717) is 42.7 Å². The van der Waals surface area contributed by atoms with Gasteiger partial charge in [-0.3, -0.25) is 9.59 Å². The second-order valence-corrected chi connectivity index (χ2v) is 10.3. The molecule has 0 bridgehead atoms. The van der Waals surface area contributed by atoms with Gasteiger partial charge in [-0.05, 0) is 57.5 Å². The van der Waals surface area contributed by atoms with Crippen molar-refractivity contribution in [3.8, 4) is 11.4 Å². The number of carbonyl (C=O) groups is 2. The quantitative estimate of drug-likeness (QED) is 0.657. The Balaban J connectivity index is 2.07. The highest BCUT2D eigenvalue weighted by Gasteiger charge is 2.37. The number of likely N-dealkylation sites (N-methyl/N-ethyl adjacent to an activating group) is 1. The minimum atomic E-state index is -0.730. The van der Waals surface area contributed by atoms with Crippen molar-refractivity contribution < 1.29 is 14.0 Å². The van der Waals surface area contributed by atoms with E-state index < -0.39 is 23.2 Å².